The van der Waals surface area contributed by atoms with Crippen molar-refractivity contribution in [3.8, 4) is 17.3 Å². The smallest absolute Gasteiger partial charge is 0.351 e. The third-order valence-electron chi connectivity index (χ3n) is 7.88. The van der Waals surface area contributed by atoms with Crippen LogP contribution in [0.25, 0.3) is 16.9 Å². The summed E-state index contributed by atoms with van der Waals surface area (Å²) in [6.07, 6.45) is 1.48. The molecule has 46 heavy (non-hydrogen) atoms. The maximum Gasteiger partial charge on any atom is 0.435 e. The highest BCUT2D eigenvalue weighted by Gasteiger charge is 2.38. The van der Waals surface area contributed by atoms with E-state index < -0.39 is 11.9 Å². The Morgan fingerprint density at radius 2 is 1.98 bits per heavy atom. The van der Waals surface area contributed by atoms with Crippen LogP contribution in [0, 0.1) is 11.3 Å². The average molecular weight is 656 g/mol. The summed E-state index contributed by atoms with van der Waals surface area (Å²) in [6, 6.07) is 6.76. The van der Waals surface area contributed by atoms with Crippen molar-refractivity contribution < 1.29 is 22.8 Å². The molecular formula is C29H29ClF3N11O2. The minimum atomic E-state index is -4.75. The summed E-state index contributed by atoms with van der Waals surface area (Å²) in [4.78, 5) is 38.0. The van der Waals surface area contributed by atoms with E-state index in [1.165, 1.54) is 23.0 Å². The number of alkyl halides is 3. The summed E-state index contributed by atoms with van der Waals surface area (Å²) in [5.74, 6) is -0.00595. The number of carbonyl (C=O) groups excluding carboxylic acids is 2. The molecule has 3 aromatic heterocycles. The molecule has 0 bridgehead atoms. The number of amides is 2. The molecule has 0 aliphatic carbocycles. The molecule has 1 atom stereocenters. The normalized spacial score (nSPS) is 17.3. The number of piperazine rings is 1. The van der Waals surface area contributed by atoms with Crippen LogP contribution in [-0.2, 0) is 17.5 Å². The topological polar surface area (TPSA) is 149 Å². The van der Waals surface area contributed by atoms with E-state index in [1.54, 1.807) is 29.2 Å². The first-order valence-corrected chi connectivity index (χ1v) is 14.9. The molecule has 2 fully saturated rings. The van der Waals surface area contributed by atoms with Crippen molar-refractivity contribution in [2.45, 2.75) is 25.2 Å². The van der Waals surface area contributed by atoms with Crippen molar-refractivity contribution in [3.05, 3.63) is 59.3 Å². The van der Waals surface area contributed by atoms with Crippen molar-refractivity contribution >= 4 is 40.6 Å². The number of benzene rings is 1. The Kier molecular flexibility index (Phi) is 8.80. The van der Waals surface area contributed by atoms with Gasteiger partial charge in [0.25, 0.3) is 5.91 Å². The predicted octanol–water partition coefficient (Wildman–Crippen LogP) is 2.77. The third-order valence-corrected chi connectivity index (χ3v) is 8.19. The Hall–Kier alpha value is -4.72. The number of nitriles is 1. The van der Waals surface area contributed by atoms with Crippen molar-refractivity contribution in [2.24, 2.45) is 0 Å². The number of nitrogens with zero attached hydrogens (tertiary/aromatic N) is 8. The van der Waals surface area contributed by atoms with Crippen LogP contribution in [0.3, 0.4) is 0 Å². The average Bonchev–Trinajstić information content (AvgIpc) is 3.78. The monoisotopic (exact) mass is 655 g/mol. The molecule has 17 heteroatoms. The number of aromatic nitrogens is 5. The molecule has 0 radical (unpaired) electrons. The van der Waals surface area contributed by atoms with E-state index in [2.05, 4.69) is 31.0 Å². The number of rotatable bonds is 8. The zero-order chi connectivity index (χ0) is 32.4. The molecule has 240 valence electrons. The van der Waals surface area contributed by atoms with Gasteiger partial charge < -0.3 is 20.9 Å². The maximum absolute atomic E-state index is 13.8. The number of halogens is 4. The summed E-state index contributed by atoms with van der Waals surface area (Å²) < 4.78 is 43.6. The summed E-state index contributed by atoms with van der Waals surface area (Å²) in [5, 5.41) is 22.0. The van der Waals surface area contributed by atoms with Gasteiger partial charge in [-0.1, -0.05) is 11.6 Å². The van der Waals surface area contributed by atoms with Crippen molar-refractivity contribution in [1.29, 1.82) is 5.26 Å². The first kappa shape index (κ1) is 31.3. The standard InChI is InChI=1S/C29H29ClF3N11O2/c30-22-13-18(1-2-20(22)28(46)42-11-9-41(10-12-42)17-24(45)38-19-3-5-35-14-19)39-26-27-37-15-23(44(27)8-6-36-26)21-16-43(7-4-34)40-25(21)29(31,32)33/h1-2,6,8,13,15-16,19,35H,3,5,7,9-12,14,17H2,(H,36,39)(H,38,45). The quantitative estimate of drug-likeness (QED) is 0.261. The van der Waals surface area contributed by atoms with Crippen molar-refractivity contribution in [3.63, 3.8) is 0 Å². The van der Waals surface area contributed by atoms with Crippen molar-refractivity contribution in [1.82, 2.24) is 44.6 Å². The Labute approximate surface area is 265 Å². The number of hydrogen-bond acceptors (Lipinski definition) is 9. The lowest BCUT2D eigenvalue weighted by Crippen LogP contribution is -2.52. The van der Waals surface area contributed by atoms with E-state index in [0.717, 1.165) is 30.4 Å². The van der Waals surface area contributed by atoms with Crippen LogP contribution in [0.15, 0.2) is 43.0 Å². The number of imidazole rings is 1. The lowest BCUT2D eigenvalue weighted by atomic mass is 10.1. The van der Waals surface area contributed by atoms with Crippen LogP contribution in [0.4, 0.5) is 24.7 Å². The highest BCUT2D eigenvalue weighted by Crippen LogP contribution is 2.37. The van der Waals surface area contributed by atoms with E-state index in [4.69, 9.17) is 16.9 Å². The SMILES string of the molecule is N#CCn1cc(-c2cnc3c(Nc4ccc(C(=O)N5CCN(CC(=O)NC6CCNC6)CC5)c(Cl)c4)nccn23)c(C(F)(F)F)n1. The van der Waals surface area contributed by atoms with E-state index >= 15 is 0 Å². The van der Waals surface area contributed by atoms with Gasteiger partial charge in [0.15, 0.2) is 17.2 Å². The minimum Gasteiger partial charge on any atom is -0.351 e. The van der Waals surface area contributed by atoms with E-state index in [9.17, 15) is 22.8 Å². The number of fused-ring (bicyclic) bond motifs is 1. The lowest BCUT2D eigenvalue weighted by molar-refractivity contribution is -0.141. The second kappa shape index (κ2) is 12.9. The Morgan fingerprint density at radius 3 is 2.67 bits per heavy atom. The molecule has 5 heterocycles. The van der Waals surface area contributed by atoms with E-state index in [1.807, 2.05) is 4.90 Å². The Morgan fingerprint density at radius 1 is 1.17 bits per heavy atom. The van der Waals surface area contributed by atoms with Gasteiger partial charge in [-0.2, -0.15) is 23.5 Å². The third kappa shape index (κ3) is 6.62. The molecule has 6 rings (SSSR count). The maximum atomic E-state index is 13.8. The molecule has 0 spiro atoms. The number of anilines is 2. The van der Waals surface area contributed by atoms with Gasteiger partial charge in [0, 0.05) is 63.0 Å². The largest absolute Gasteiger partial charge is 0.435 e. The van der Waals surface area contributed by atoms with Crippen LogP contribution in [-0.4, -0.2) is 97.6 Å². The Balaban J connectivity index is 1.13. The van der Waals surface area contributed by atoms with Crippen LogP contribution < -0.4 is 16.0 Å². The summed E-state index contributed by atoms with van der Waals surface area (Å²) in [7, 11) is 0. The van der Waals surface area contributed by atoms with Crippen LogP contribution >= 0.6 is 11.6 Å². The summed E-state index contributed by atoms with van der Waals surface area (Å²) in [6.45, 7) is 3.64. The second-order valence-electron chi connectivity index (χ2n) is 11.0. The molecule has 2 aliphatic rings. The highest BCUT2D eigenvalue weighted by atomic mass is 35.5. The minimum absolute atomic E-state index is 0.0193. The highest BCUT2D eigenvalue weighted by molar-refractivity contribution is 6.34. The molecule has 4 aromatic rings. The van der Waals surface area contributed by atoms with Gasteiger partial charge >= 0.3 is 6.18 Å². The van der Waals surface area contributed by atoms with Crippen LogP contribution in [0.1, 0.15) is 22.5 Å². The zero-order valence-electron chi connectivity index (χ0n) is 24.4. The molecular weight excluding hydrogens is 627 g/mol. The number of hydrogen-bond donors (Lipinski definition) is 3. The molecule has 2 saturated heterocycles. The van der Waals surface area contributed by atoms with Crippen LogP contribution in [0.5, 0.6) is 0 Å². The van der Waals surface area contributed by atoms with Gasteiger partial charge in [-0.15, -0.1) is 0 Å². The number of carbonyl (C=O) groups is 2. The van der Waals surface area contributed by atoms with E-state index in [0.29, 0.717) is 37.4 Å². The first-order chi connectivity index (χ1) is 22.1. The van der Waals surface area contributed by atoms with Crippen LogP contribution in [0.2, 0.25) is 5.02 Å². The van der Waals surface area contributed by atoms with Gasteiger partial charge in [-0.25, -0.2) is 9.97 Å². The Bertz CT molecular complexity index is 1800. The fourth-order valence-corrected chi connectivity index (χ4v) is 5.88. The van der Waals surface area contributed by atoms with Gasteiger partial charge in [-0.05, 0) is 31.2 Å². The van der Waals surface area contributed by atoms with Gasteiger partial charge in [0.2, 0.25) is 5.91 Å². The van der Waals surface area contributed by atoms with Gasteiger partial charge in [0.05, 0.1) is 40.7 Å². The fourth-order valence-electron chi connectivity index (χ4n) is 5.62. The summed E-state index contributed by atoms with van der Waals surface area (Å²) >= 11 is 6.54. The fraction of sp³-hybridized carbons (Fsp3) is 0.379. The predicted molar refractivity (Wildman–Crippen MR) is 161 cm³/mol. The van der Waals surface area contributed by atoms with Gasteiger partial charge in [-0.3, -0.25) is 23.6 Å². The molecule has 2 amide bonds. The first-order valence-electron chi connectivity index (χ1n) is 14.5. The lowest BCUT2D eigenvalue weighted by Gasteiger charge is -2.34. The second-order valence-corrected chi connectivity index (χ2v) is 11.4. The molecule has 1 unspecified atom stereocenters. The number of nitrogens with one attached hydrogen (secondary N) is 3. The summed E-state index contributed by atoms with van der Waals surface area (Å²) in [5.41, 5.74) is -0.214. The molecule has 0 saturated carbocycles. The molecule has 13 nitrogen and oxygen atoms in total. The molecule has 3 N–H and O–H groups in total. The van der Waals surface area contributed by atoms with Crippen molar-refractivity contribution in [2.75, 3.05) is 51.1 Å². The van der Waals surface area contributed by atoms with E-state index in [-0.39, 0.29) is 58.7 Å². The van der Waals surface area contributed by atoms with Gasteiger partial charge in [0.1, 0.15) is 6.54 Å². The molecule has 2 aliphatic heterocycles. The zero-order valence-corrected chi connectivity index (χ0v) is 25.1. The molecule has 1 aromatic carbocycles.